The molecule has 0 fully saturated rings. The van der Waals surface area contributed by atoms with E-state index in [2.05, 4.69) is 5.32 Å². The van der Waals surface area contributed by atoms with Gasteiger partial charge in [0.25, 0.3) is 0 Å². The van der Waals surface area contributed by atoms with Crippen molar-refractivity contribution >= 4 is 17.3 Å². The molecule has 1 rings (SSSR count). The highest BCUT2D eigenvalue weighted by atomic mass is 35.5. The SMILES string of the molecule is CCOc1ccc(Cl)c(NC)c1. The molecule has 3 heteroatoms. The van der Waals surface area contributed by atoms with Gasteiger partial charge in [-0.2, -0.15) is 0 Å². The van der Waals surface area contributed by atoms with Crippen LogP contribution in [-0.2, 0) is 0 Å². The number of halogens is 1. The number of rotatable bonds is 3. The number of benzene rings is 1. The third-order valence-corrected chi connectivity index (χ3v) is 1.85. The topological polar surface area (TPSA) is 21.3 Å². The number of nitrogens with one attached hydrogen (secondary N) is 1. The smallest absolute Gasteiger partial charge is 0.121 e. The lowest BCUT2D eigenvalue weighted by atomic mass is 10.3. The van der Waals surface area contributed by atoms with Crippen LogP contribution in [0.2, 0.25) is 5.02 Å². The van der Waals surface area contributed by atoms with E-state index >= 15 is 0 Å². The summed E-state index contributed by atoms with van der Waals surface area (Å²) in [4.78, 5) is 0. The lowest BCUT2D eigenvalue weighted by Gasteiger charge is -2.06. The number of ether oxygens (including phenoxy) is 1. The first kappa shape index (κ1) is 9.20. The minimum atomic E-state index is 0.671. The standard InChI is InChI=1S/C9H12ClNO/c1-3-12-7-4-5-8(10)9(6-7)11-2/h4-6,11H,3H2,1-2H3. The Morgan fingerprint density at radius 1 is 1.50 bits per heavy atom. The first-order valence-electron chi connectivity index (χ1n) is 3.88. The Kier molecular flexibility index (Phi) is 3.23. The van der Waals surface area contributed by atoms with Crippen molar-refractivity contribution in [2.24, 2.45) is 0 Å². The molecule has 0 atom stereocenters. The molecule has 0 aliphatic heterocycles. The monoisotopic (exact) mass is 185 g/mol. The summed E-state index contributed by atoms with van der Waals surface area (Å²) in [6.07, 6.45) is 0. The first-order valence-corrected chi connectivity index (χ1v) is 4.25. The van der Waals surface area contributed by atoms with E-state index in [1.165, 1.54) is 0 Å². The van der Waals surface area contributed by atoms with Crippen LogP contribution in [0.1, 0.15) is 6.92 Å². The molecule has 0 saturated heterocycles. The molecule has 1 N–H and O–H groups in total. The van der Waals surface area contributed by atoms with Gasteiger partial charge in [0.15, 0.2) is 0 Å². The van der Waals surface area contributed by atoms with Crippen LogP contribution in [0.4, 0.5) is 5.69 Å². The van der Waals surface area contributed by atoms with E-state index in [-0.39, 0.29) is 0 Å². The molecule has 1 aromatic rings. The van der Waals surface area contributed by atoms with Crippen LogP contribution >= 0.6 is 11.6 Å². The van der Waals surface area contributed by atoms with Crippen LogP contribution in [-0.4, -0.2) is 13.7 Å². The molecule has 0 radical (unpaired) electrons. The van der Waals surface area contributed by atoms with Crippen LogP contribution in [0.5, 0.6) is 5.75 Å². The van der Waals surface area contributed by atoms with Crippen molar-refractivity contribution in [2.45, 2.75) is 6.92 Å². The molecule has 0 amide bonds. The van der Waals surface area contributed by atoms with Gasteiger partial charge in [-0.1, -0.05) is 11.6 Å². The quantitative estimate of drug-likeness (QED) is 0.782. The van der Waals surface area contributed by atoms with Gasteiger partial charge < -0.3 is 10.1 Å². The third-order valence-electron chi connectivity index (χ3n) is 1.52. The molecule has 0 aromatic heterocycles. The Labute approximate surface area is 77.5 Å². The molecule has 0 heterocycles. The van der Waals surface area contributed by atoms with Crippen molar-refractivity contribution in [1.29, 1.82) is 0 Å². The van der Waals surface area contributed by atoms with E-state index < -0.39 is 0 Å². The number of anilines is 1. The van der Waals surface area contributed by atoms with Crippen molar-refractivity contribution in [1.82, 2.24) is 0 Å². The molecule has 0 aliphatic carbocycles. The van der Waals surface area contributed by atoms with Gasteiger partial charge in [-0.3, -0.25) is 0 Å². The highest BCUT2D eigenvalue weighted by Gasteiger charge is 1.99. The summed E-state index contributed by atoms with van der Waals surface area (Å²) in [5.74, 6) is 0.839. The molecule has 1 aromatic carbocycles. The van der Waals surface area contributed by atoms with Crippen molar-refractivity contribution in [3.05, 3.63) is 23.2 Å². The lowest BCUT2D eigenvalue weighted by molar-refractivity contribution is 0.340. The molecule has 0 saturated carbocycles. The Bertz CT molecular complexity index is 263. The fraction of sp³-hybridized carbons (Fsp3) is 0.333. The molecule has 0 spiro atoms. The van der Waals surface area contributed by atoms with Gasteiger partial charge in [0, 0.05) is 13.1 Å². The Balaban J connectivity index is 2.89. The largest absolute Gasteiger partial charge is 0.494 e. The zero-order valence-electron chi connectivity index (χ0n) is 7.23. The van der Waals surface area contributed by atoms with Gasteiger partial charge in [-0.25, -0.2) is 0 Å². The van der Waals surface area contributed by atoms with Crippen LogP contribution in [0.15, 0.2) is 18.2 Å². The summed E-state index contributed by atoms with van der Waals surface area (Å²) < 4.78 is 5.30. The second kappa shape index (κ2) is 4.21. The molecular weight excluding hydrogens is 174 g/mol. The van der Waals surface area contributed by atoms with Crippen molar-refractivity contribution in [3.63, 3.8) is 0 Å². The lowest BCUT2D eigenvalue weighted by Crippen LogP contribution is -1.94. The second-order valence-electron chi connectivity index (χ2n) is 2.32. The Morgan fingerprint density at radius 2 is 2.25 bits per heavy atom. The van der Waals surface area contributed by atoms with E-state index in [0.717, 1.165) is 11.4 Å². The van der Waals surface area contributed by atoms with Gasteiger partial charge in [-0.15, -0.1) is 0 Å². The van der Waals surface area contributed by atoms with Crippen LogP contribution in [0.25, 0.3) is 0 Å². The molecule has 66 valence electrons. The maximum Gasteiger partial charge on any atom is 0.121 e. The number of hydrogen-bond donors (Lipinski definition) is 1. The van der Waals surface area contributed by atoms with Gasteiger partial charge in [0.05, 0.1) is 17.3 Å². The third kappa shape index (κ3) is 2.05. The average Bonchev–Trinajstić information content (AvgIpc) is 2.09. The first-order chi connectivity index (χ1) is 5.77. The maximum atomic E-state index is 5.88. The van der Waals surface area contributed by atoms with Crippen LogP contribution in [0, 0.1) is 0 Å². The summed E-state index contributed by atoms with van der Waals surface area (Å²) in [6.45, 7) is 2.62. The predicted molar refractivity (Wildman–Crippen MR) is 52.2 cm³/mol. The molecule has 0 aliphatic rings. The van der Waals surface area contributed by atoms with Crippen molar-refractivity contribution < 1.29 is 4.74 Å². The average molecular weight is 186 g/mol. The zero-order chi connectivity index (χ0) is 8.97. The van der Waals surface area contributed by atoms with Crippen LogP contribution < -0.4 is 10.1 Å². The molecule has 12 heavy (non-hydrogen) atoms. The normalized spacial score (nSPS) is 9.58. The van der Waals surface area contributed by atoms with E-state index in [0.29, 0.717) is 11.6 Å². The summed E-state index contributed by atoms with van der Waals surface area (Å²) >= 11 is 5.88. The van der Waals surface area contributed by atoms with Gasteiger partial charge in [0.1, 0.15) is 5.75 Å². The Morgan fingerprint density at radius 3 is 2.83 bits per heavy atom. The van der Waals surface area contributed by atoms with Gasteiger partial charge in [0.2, 0.25) is 0 Å². The summed E-state index contributed by atoms with van der Waals surface area (Å²) in [7, 11) is 1.83. The fourth-order valence-electron chi connectivity index (χ4n) is 0.952. The van der Waals surface area contributed by atoms with E-state index in [1.807, 2.05) is 32.2 Å². The molecular formula is C9H12ClNO. The predicted octanol–water partition coefficient (Wildman–Crippen LogP) is 2.78. The van der Waals surface area contributed by atoms with Crippen molar-refractivity contribution in [2.75, 3.05) is 19.0 Å². The van der Waals surface area contributed by atoms with Gasteiger partial charge in [-0.05, 0) is 19.1 Å². The van der Waals surface area contributed by atoms with E-state index in [9.17, 15) is 0 Å². The fourth-order valence-corrected chi connectivity index (χ4v) is 1.16. The van der Waals surface area contributed by atoms with Gasteiger partial charge >= 0.3 is 0 Å². The second-order valence-corrected chi connectivity index (χ2v) is 2.73. The minimum absolute atomic E-state index is 0.671. The van der Waals surface area contributed by atoms with E-state index in [1.54, 1.807) is 0 Å². The van der Waals surface area contributed by atoms with Crippen molar-refractivity contribution in [3.8, 4) is 5.75 Å². The summed E-state index contributed by atoms with van der Waals surface area (Å²) in [6, 6.07) is 5.55. The molecule has 0 bridgehead atoms. The Hall–Kier alpha value is -0.890. The zero-order valence-corrected chi connectivity index (χ0v) is 7.98. The molecule has 2 nitrogen and oxygen atoms in total. The summed E-state index contributed by atoms with van der Waals surface area (Å²) in [5, 5.41) is 3.69. The van der Waals surface area contributed by atoms with E-state index in [4.69, 9.17) is 16.3 Å². The highest BCUT2D eigenvalue weighted by molar-refractivity contribution is 6.33. The van der Waals surface area contributed by atoms with Crippen LogP contribution in [0.3, 0.4) is 0 Å². The highest BCUT2D eigenvalue weighted by Crippen LogP contribution is 2.26. The minimum Gasteiger partial charge on any atom is -0.494 e. The molecule has 0 unspecified atom stereocenters. The summed E-state index contributed by atoms with van der Waals surface area (Å²) in [5.41, 5.74) is 0.891. The maximum absolute atomic E-state index is 5.88. The number of hydrogen-bond acceptors (Lipinski definition) is 2.